The summed E-state index contributed by atoms with van der Waals surface area (Å²) in [6.45, 7) is 0.622. The fourth-order valence-electron chi connectivity index (χ4n) is 2.32. The van der Waals surface area contributed by atoms with Crippen LogP contribution in [0.25, 0.3) is 0 Å². The third-order valence-electron chi connectivity index (χ3n) is 3.67. The lowest BCUT2D eigenvalue weighted by Gasteiger charge is -2.19. The predicted molar refractivity (Wildman–Crippen MR) is 87.2 cm³/mol. The van der Waals surface area contributed by atoms with Gasteiger partial charge in [0.25, 0.3) is 5.91 Å². The van der Waals surface area contributed by atoms with Crippen molar-refractivity contribution in [3.05, 3.63) is 42.1 Å². The molecule has 2 amide bonds. The molecule has 0 aliphatic rings. The van der Waals surface area contributed by atoms with Gasteiger partial charge >= 0.3 is 0 Å². The summed E-state index contributed by atoms with van der Waals surface area (Å²) in [6.07, 6.45) is 7.44. The maximum Gasteiger partial charge on any atom is 0.274 e. The molecule has 0 N–H and O–H groups in total. The van der Waals surface area contributed by atoms with Gasteiger partial charge in [0, 0.05) is 40.1 Å². The number of imidazole rings is 1. The van der Waals surface area contributed by atoms with Gasteiger partial charge in [-0.05, 0) is 30.5 Å². The number of anilines is 1. The molecule has 7 heteroatoms. The number of rotatable bonds is 7. The summed E-state index contributed by atoms with van der Waals surface area (Å²) in [5.74, 6) is 0.219. The number of nitrogens with zero attached hydrogens (tertiary/aromatic N) is 5. The number of carbonyl (C=O) groups is 2. The van der Waals surface area contributed by atoms with Crippen LogP contribution in [0, 0.1) is 0 Å². The minimum absolute atomic E-state index is 0.150. The quantitative estimate of drug-likeness (QED) is 0.718. The van der Waals surface area contributed by atoms with Crippen molar-refractivity contribution in [3.63, 3.8) is 0 Å². The van der Waals surface area contributed by atoms with Gasteiger partial charge in [0.2, 0.25) is 6.41 Å². The second-order valence-electron chi connectivity index (χ2n) is 5.43. The van der Waals surface area contributed by atoms with Gasteiger partial charge in [0.1, 0.15) is 0 Å². The van der Waals surface area contributed by atoms with Gasteiger partial charge < -0.3 is 14.4 Å². The first-order valence-electron chi connectivity index (χ1n) is 7.38. The monoisotopic (exact) mass is 315 g/mol. The molecule has 23 heavy (non-hydrogen) atoms. The van der Waals surface area contributed by atoms with Crippen LogP contribution in [0.3, 0.4) is 0 Å². The highest BCUT2D eigenvalue weighted by atomic mass is 16.2. The van der Waals surface area contributed by atoms with Crippen LogP contribution < -0.4 is 4.90 Å². The Labute approximate surface area is 135 Å². The molecule has 7 nitrogen and oxygen atoms in total. The molecular formula is C16H21N5O2. The second-order valence-corrected chi connectivity index (χ2v) is 5.43. The minimum Gasteiger partial charge on any atom is -0.340 e. The number of hydrogen-bond donors (Lipinski definition) is 0. The summed E-state index contributed by atoms with van der Waals surface area (Å²) >= 11 is 0. The van der Waals surface area contributed by atoms with Gasteiger partial charge in [-0.3, -0.25) is 14.6 Å². The van der Waals surface area contributed by atoms with Crippen molar-refractivity contribution >= 4 is 18.1 Å². The smallest absolute Gasteiger partial charge is 0.274 e. The molecule has 2 rings (SSSR count). The standard InChI is InChI=1S/C16H21N5O2/c1-19(10-4-5-13-6-8-17-9-7-13)16(23)14-15(21(3)12-22)18-11-20(14)2/h6-9,11-12H,4-5,10H2,1-3H3. The van der Waals surface area contributed by atoms with Crippen LogP contribution in [0.2, 0.25) is 0 Å². The highest BCUT2D eigenvalue weighted by molar-refractivity contribution is 5.99. The van der Waals surface area contributed by atoms with E-state index < -0.39 is 0 Å². The largest absolute Gasteiger partial charge is 0.340 e. The highest BCUT2D eigenvalue weighted by Gasteiger charge is 2.22. The van der Waals surface area contributed by atoms with Crippen LogP contribution in [0.5, 0.6) is 0 Å². The van der Waals surface area contributed by atoms with E-state index in [1.54, 1.807) is 43.0 Å². The van der Waals surface area contributed by atoms with E-state index >= 15 is 0 Å². The van der Waals surface area contributed by atoms with Crippen molar-refractivity contribution in [2.75, 3.05) is 25.5 Å². The topological polar surface area (TPSA) is 71.3 Å². The maximum absolute atomic E-state index is 12.6. The van der Waals surface area contributed by atoms with Crippen molar-refractivity contribution in [1.82, 2.24) is 19.4 Å². The molecule has 0 aromatic carbocycles. The van der Waals surface area contributed by atoms with E-state index in [0.717, 1.165) is 12.8 Å². The highest BCUT2D eigenvalue weighted by Crippen LogP contribution is 2.17. The van der Waals surface area contributed by atoms with Gasteiger partial charge in [0.05, 0.1) is 6.33 Å². The number of carbonyl (C=O) groups excluding carboxylic acids is 2. The first-order valence-corrected chi connectivity index (χ1v) is 7.38. The molecule has 0 bridgehead atoms. The van der Waals surface area contributed by atoms with Crippen LogP contribution in [0.4, 0.5) is 5.82 Å². The Balaban J connectivity index is 2.00. The number of hydrogen-bond acceptors (Lipinski definition) is 4. The van der Waals surface area contributed by atoms with Gasteiger partial charge in [0.15, 0.2) is 11.5 Å². The van der Waals surface area contributed by atoms with Gasteiger partial charge in [-0.2, -0.15) is 0 Å². The third kappa shape index (κ3) is 3.94. The molecule has 0 aliphatic heterocycles. The number of aromatic nitrogens is 3. The Bertz CT molecular complexity index is 668. The Morgan fingerprint density at radius 2 is 2.00 bits per heavy atom. The van der Waals surface area contributed by atoms with E-state index in [2.05, 4.69) is 9.97 Å². The molecule has 0 unspecified atom stereocenters. The lowest BCUT2D eigenvalue weighted by molar-refractivity contribution is -0.107. The van der Waals surface area contributed by atoms with E-state index in [4.69, 9.17) is 0 Å². The van der Waals surface area contributed by atoms with E-state index in [-0.39, 0.29) is 5.91 Å². The van der Waals surface area contributed by atoms with Crippen LogP contribution in [0.15, 0.2) is 30.9 Å². The molecule has 122 valence electrons. The van der Waals surface area contributed by atoms with Gasteiger partial charge in [-0.15, -0.1) is 0 Å². The van der Waals surface area contributed by atoms with E-state index in [9.17, 15) is 9.59 Å². The Kier molecular flexibility index (Phi) is 5.46. The predicted octanol–water partition coefficient (Wildman–Crippen LogP) is 1.11. The zero-order valence-corrected chi connectivity index (χ0v) is 13.6. The van der Waals surface area contributed by atoms with Crippen molar-refractivity contribution < 1.29 is 9.59 Å². The first-order chi connectivity index (χ1) is 11.0. The lowest BCUT2D eigenvalue weighted by atomic mass is 10.1. The summed E-state index contributed by atoms with van der Waals surface area (Å²) in [6, 6.07) is 3.94. The number of aryl methyl sites for hydroxylation is 2. The Morgan fingerprint density at radius 1 is 1.30 bits per heavy atom. The van der Waals surface area contributed by atoms with Crippen molar-refractivity contribution in [3.8, 4) is 0 Å². The minimum atomic E-state index is -0.150. The average Bonchev–Trinajstić information content (AvgIpc) is 2.95. The zero-order valence-electron chi connectivity index (χ0n) is 13.6. The van der Waals surface area contributed by atoms with Crippen LogP contribution in [-0.4, -0.2) is 52.4 Å². The third-order valence-corrected chi connectivity index (χ3v) is 3.67. The lowest BCUT2D eigenvalue weighted by Crippen LogP contribution is -2.31. The molecule has 0 spiro atoms. The summed E-state index contributed by atoms with van der Waals surface area (Å²) in [5.41, 5.74) is 1.61. The molecule has 0 saturated carbocycles. The van der Waals surface area contributed by atoms with E-state index in [1.165, 1.54) is 16.8 Å². The summed E-state index contributed by atoms with van der Waals surface area (Å²) in [7, 11) is 5.08. The molecule has 2 aromatic heterocycles. The molecule has 0 saturated heterocycles. The summed E-state index contributed by atoms with van der Waals surface area (Å²) in [5, 5.41) is 0. The summed E-state index contributed by atoms with van der Waals surface area (Å²) < 4.78 is 1.64. The molecule has 0 radical (unpaired) electrons. The van der Waals surface area contributed by atoms with Crippen LogP contribution in [-0.2, 0) is 18.3 Å². The maximum atomic E-state index is 12.6. The van der Waals surface area contributed by atoms with Gasteiger partial charge in [-0.1, -0.05) is 0 Å². The summed E-state index contributed by atoms with van der Waals surface area (Å²) in [4.78, 5) is 34.6. The van der Waals surface area contributed by atoms with Gasteiger partial charge in [-0.25, -0.2) is 4.98 Å². The SMILES string of the molecule is CN(CCCc1ccncc1)C(=O)c1c(N(C)C=O)ncn1C. The average molecular weight is 315 g/mol. The number of amides is 2. The zero-order chi connectivity index (χ0) is 16.8. The molecule has 2 heterocycles. The van der Waals surface area contributed by atoms with Crippen molar-refractivity contribution in [1.29, 1.82) is 0 Å². The molecular weight excluding hydrogens is 294 g/mol. The number of pyridine rings is 1. The van der Waals surface area contributed by atoms with Crippen molar-refractivity contribution in [2.24, 2.45) is 7.05 Å². The normalized spacial score (nSPS) is 10.4. The Hall–Kier alpha value is -2.70. The first kappa shape index (κ1) is 16.7. The van der Waals surface area contributed by atoms with E-state index in [1.807, 2.05) is 12.1 Å². The molecule has 2 aromatic rings. The molecule has 0 aliphatic carbocycles. The van der Waals surface area contributed by atoms with E-state index in [0.29, 0.717) is 24.5 Å². The second kappa shape index (κ2) is 7.53. The van der Waals surface area contributed by atoms with Crippen LogP contribution >= 0.6 is 0 Å². The fraction of sp³-hybridized carbons (Fsp3) is 0.375. The fourth-order valence-corrected chi connectivity index (χ4v) is 2.32. The van der Waals surface area contributed by atoms with Crippen LogP contribution in [0.1, 0.15) is 22.5 Å². The molecule has 0 atom stereocenters. The molecule has 0 fully saturated rings. The Morgan fingerprint density at radius 3 is 2.65 bits per heavy atom. The van der Waals surface area contributed by atoms with Crippen molar-refractivity contribution in [2.45, 2.75) is 12.8 Å².